The molecule has 3 heterocycles. The van der Waals surface area contributed by atoms with Crippen molar-refractivity contribution in [2.24, 2.45) is 0 Å². The second-order valence-electron chi connectivity index (χ2n) is 4.48. The van der Waals surface area contributed by atoms with Gasteiger partial charge in [-0.1, -0.05) is 0 Å². The fourth-order valence-electron chi connectivity index (χ4n) is 2.25. The Morgan fingerprint density at radius 2 is 2.50 bits per heavy atom. The molecule has 0 aliphatic carbocycles. The molecule has 1 aliphatic heterocycles. The number of ether oxygens (including phenoxy) is 1. The van der Waals surface area contributed by atoms with Gasteiger partial charge in [0.15, 0.2) is 0 Å². The highest BCUT2D eigenvalue weighted by molar-refractivity contribution is 7.09. The highest BCUT2D eigenvalue weighted by Crippen LogP contribution is 2.26. The van der Waals surface area contributed by atoms with Gasteiger partial charge in [0.1, 0.15) is 0 Å². The van der Waals surface area contributed by atoms with E-state index >= 15 is 0 Å². The number of furan rings is 1. The van der Waals surface area contributed by atoms with Crippen LogP contribution in [-0.2, 0) is 11.3 Å². The number of rotatable bonds is 3. The van der Waals surface area contributed by atoms with E-state index in [1.54, 1.807) is 23.9 Å². The minimum Gasteiger partial charge on any atom is -0.472 e. The molecule has 2 aromatic heterocycles. The maximum atomic E-state index is 5.59. The molecular formula is C13H16N2O2S. The molecule has 1 aliphatic rings. The molecule has 0 radical (unpaired) electrons. The first-order valence-electron chi connectivity index (χ1n) is 6.08. The summed E-state index contributed by atoms with van der Waals surface area (Å²) in [4.78, 5) is 6.99. The van der Waals surface area contributed by atoms with E-state index in [0.717, 1.165) is 37.0 Å². The van der Waals surface area contributed by atoms with Gasteiger partial charge in [-0.3, -0.25) is 4.90 Å². The Kier molecular flexibility index (Phi) is 3.45. The third kappa shape index (κ3) is 2.48. The molecule has 4 nitrogen and oxygen atoms in total. The molecule has 0 amide bonds. The smallest absolute Gasteiger partial charge is 0.0947 e. The van der Waals surface area contributed by atoms with Crippen molar-refractivity contribution in [3.8, 4) is 0 Å². The lowest BCUT2D eigenvalue weighted by atomic mass is 10.1. The van der Waals surface area contributed by atoms with E-state index in [9.17, 15) is 0 Å². The largest absolute Gasteiger partial charge is 0.472 e. The van der Waals surface area contributed by atoms with Crippen LogP contribution in [0.2, 0.25) is 0 Å². The van der Waals surface area contributed by atoms with Crippen molar-refractivity contribution in [2.45, 2.75) is 19.5 Å². The summed E-state index contributed by atoms with van der Waals surface area (Å²) in [5, 5.41) is 3.25. The number of aryl methyl sites for hydroxylation is 1. The normalized spacial score (nSPS) is 21.3. The van der Waals surface area contributed by atoms with Crippen molar-refractivity contribution in [2.75, 3.05) is 19.8 Å². The highest BCUT2D eigenvalue weighted by atomic mass is 32.1. The van der Waals surface area contributed by atoms with E-state index in [2.05, 4.69) is 15.3 Å². The lowest BCUT2D eigenvalue weighted by molar-refractivity contribution is -0.0141. The van der Waals surface area contributed by atoms with Crippen molar-refractivity contribution in [1.29, 1.82) is 0 Å². The van der Waals surface area contributed by atoms with Gasteiger partial charge in [0.2, 0.25) is 0 Å². The van der Waals surface area contributed by atoms with Crippen molar-refractivity contribution in [1.82, 2.24) is 9.88 Å². The first-order valence-corrected chi connectivity index (χ1v) is 6.96. The molecule has 3 rings (SSSR count). The van der Waals surface area contributed by atoms with Crippen LogP contribution in [0.3, 0.4) is 0 Å². The minimum absolute atomic E-state index is 0.263. The second kappa shape index (κ2) is 5.22. The Hall–Kier alpha value is -1.17. The Morgan fingerprint density at radius 1 is 1.56 bits per heavy atom. The first kappa shape index (κ1) is 11.9. The van der Waals surface area contributed by atoms with Crippen LogP contribution in [0, 0.1) is 6.92 Å². The van der Waals surface area contributed by atoms with Crippen molar-refractivity contribution >= 4 is 11.3 Å². The summed E-state index contributed by atoms with van der Waals surface area (Å²) in [5.74, 6) is 0. The molecule has 5 heteroatoms. The van der Waals surface area contributed by atoms with Gasteiger partial charge in [-0.25, -0.2) is 4.98 Å². The number of aromatic nitrogens is 1. The Balaban J connectivity index is 1.77. The molecule has 0 bridgehead atoms. The van der Waals surface area contributed by atoms with Crippen molar-refractivity contribution in [3.63, 3.8) is 0 Å². The molecule has 96 valence electrons. The molecule has 0 aromatic carbocycles. The van der Waals surface area contributed by atoms with Gasteiger partial charge in [0.05, 0.1) is 42.5 Å². The van der Waals surface area contributed by atoms with E-state index in [1.165, 1.54) is 5.56 Å². The van der Waals surface area contributed by atoms with Crippen LogP contribution < -0.4 is 0 Å². The first-order chi connectivity index (χ1) is 8.83. The maximum absolute atomic E-state index is 5.59. The van der Waals surface area contributed by atoms with Gasteiger partial charge < -0.3 is 9.15 Å². The van der Waals surface area contributed by atoms with Crippen LogP contribution in [0.25, 0.3) is 0 Å². The summed E-state index contributed by atoms with van der Waals surface area (Å²) in [7, 11) is 0. The van der Waals surface area contributed by atoms with Gasteiger partial charge in [-0.05, 0) is 13.0 Å². The number of thiazole rings is 1. The molecule has 0 saturated carbocycles. The van der Waals surface area contributed by atoms with E-state index in [0.29, 0.717) is 0 Å². The van der Waals surface area contributed by atoms with Gasteiger partial charge in [0, 0.05) is 24.0 Å². The summed E-state index contributed by atoms with van der Waals surface area (Å²) in [6.45, 7) is 5.38. The van der Waals surface area contributed by atoms with E-state index in [-0.39, 0.29) is 6.04 Å². The number of morpholine rings is 1. The molecule has 1 atom stereocenters. The zero-order valence-corrected chi connectivity index (χ0v) is 11.2. The summed E-state index contributed by atoms with van der Waals surface area (Å²) in [6, 6.07) is 2.28. The van der Waals surface area contributed by atoms with Gasteiger partial charge >= 0.3 is 0 Å². The van der Waals surface area contributed by atoms with Gasteiger partial charge in [-0.15, -0.1) is 11.3 Å². The lowest BCUT2D eigenvalue weighted by Gasteiger charge is -2.34. The predicted octanol–water partition coefficient (Wildman–Crippen LogP) is 2.62. The van der Waals surface area contributed by atoms with E-state index in [4.69, 9.17) is 9.15 Å². The third-order valence-electron chi connectivity index (χ3n) is 3.18. The number of hydrogen-bond donors (Lipinski definition) is 0. The molecule has 1 fully saturated rings. The average molecular weight is 264 g/mol. The molecular weight excluding hydrogens is 248 g/mol. The average Bonchev–Trinajstić information content (AvgIpc) is 3.02. The second-order valence-corrected chi connectivity index (χ2v) is 5.55. The topological polar surface area (TPSA) is 38.5 Å². The number of hydrogen-bond acceptors (Lipinski definition) is 5. The zero-order valence-electron chi connectivity index (χ0n) is 10.3. The van der Waals surface area contributed by atoms with Crippen LogP contribution in [0.15, 0.2) is 28.4 Å². The molecule has 0 N–H and O–H groups in total. The van der Waals surface area contributed by atoms with Crippen molar-refractivity contribution < 1.29 is 9.15 Å². The molecule has 0 unspecified atom stereocenters. The standard InChI is InChI=1S/C13H16N2O2S/c1-10-14-12(9-18-10)13-8-17-5-3-15(13)6-11-2-4-16-7-11/h2,4,7,9,13H,3,5-6,8H2,1H3/t13-/m1/s1. The van der Waals surface area contributed by atoms with Gasteiger partial charge in [0.25, 0.3) is 0 Å². The van der Waals surface area contributed by atoms with Crippen LogP contribution in [-0.4, -0.2) is 29.6 Å². The Labute approximate surface area is 110 Å². The monoisotopic (exact) mass is 264 g/mol. The SMILES string of the molecule is Cc1nc([C@H]2COCCN2Cc2ccoc2)cs1. The molecule has 1 saturated heterocycles. The Bertz CT molecular complexity index is 495. The Morgan fingerprint density at radius 3 is 3.22 bits per heavy atom. The van der Waals surface area contributed by atoms with Crippen molar-refractivity contribution in [3.05, 3.63) is 40.2 Å². The van der Waals surface area contributed by atoms with E-state index < -0.39 is 0 Å². The quantitative estimate of drug-likeness (QED) is 0.854. The van der Waals surface area contributed by atoms with E-state index in [1.807, 2.05) is 13.0 Å². The molecule has 18 heavy (non-hydrogen) atoms. The summed E-state index contributed by atoms with van der Waals surface area (Å²) >= 11 is 1.70. The summed E-state index contributed by atoms with van der Waals surface area (Å²) < 4.78 is 10.7. The minimum atomic E-state index is 0.263. The van der Waals surface area contributed by atoms with Crippen LogP contribution in [0.5, 0.6) is 0 Å². The van der Waals surface area contributed by atoms with Crippen LogP contribution in [0.4, 0.5) is 0 Å². The highest BCUT2D eigenvalue weighted by Gasteiger charge is 2.26. The fourth-order valence-corrected chi connectivity index (χ4v) is 2.91. The summed E-state index contributed by atoms with van der Waals surface area (Å²) in [5.41, 5.74) is 2.33. The number of nitrogens with zero attached hydrogens (tertiary/aromatic N) is 2. The maximum Gasteiger partial charge on any atom is 0.0947 e. The van der Waals surface area contributed by atoms with Crippen LogP contribution >= 0.6 is 11.3 Å². The van der Waals surface area contributed by atoms with Gasteiger partial charge in [-0.2, -0.15) is 0 Å². The third-order valence-corrected chi connectivity index (χ3v) is 3.98. The zero-order chi connectivity index (χ0) is 12.4. The molecule has 2 aromatic rings. The fraction of sp³-hybridized carbons (Fsp3) is 0.462. The lowest BCUT2D eigenvalue weighted by Crippen LogP contribution is -2.39. The predicted molar refractivity (Wildman–Crippen MR) is 69.5 cm³/mol. The molecule has 0 spiro atoms. The van der Waals surface area contributed by atoms with Crippen LogP contribution in [0.1, 0.15) is 22.3 Å². The summed E-state index contributed by atoms with van der Waals surface area (Å²) in [6.07, 6.45) is 3.52.